The number of amides is 2. The van der Waals surface area contributed by atoms with Gasteiger partial charge in [-0.25, -0.2) is 0 Å². The highest BCUT2D eigenvalue weighted by Crippen LogP contribution is 2.14. The Morgan fingerprint density at radius 1 is 1.09 bits per heavy atom. The van der Waals surface area contributed by atoms with Gasteiger partial charge in [0, 0.05) is 23.9 Å². The summed E-state index contributed by atoms with van der Waals surface area (Å²) in [5.41, 5.74) is 1.26. The van der Waals surface area contributed by atoms with Crippen LogP contribution in [0.2, 0.25) is 0 Å². The lowest BCUT2D eigenvalue weighted by Crippen LogP contribution is -2.37. The number of carboxylic acids is 1. The molecule has 0 bridgehead atoms. The molecule has 7 heteroatoms. The lowest BCUT2D eigenvalue weighted by Gasteiger charge is -2.05. The molecule has 0 aliphatic carbocycles. The summed E-state index contributed by atoms with van der Waals surface area (Å²) in [7, 11) is 0. The van der Waals surface area contributed by atoms with Gasteiger partial charge in [-0.3, -0.25) is 14.4 Å². The molecule has 1 aromatic carbocycles. The van der Waals surface area contributed by atoms with Gasteiger partial charge < -0.3 is 20.7 Å². The van der Waals surface area contributed by atoms with E-state index in [0.717, 1.165) is 10.9 Å². The number of nitrogens with one attached hydrogen (secondary N) is 3. The summed E-state index contributed by atoms with van der Waals surface area (Å²) in [5.74, 6) is -1.49. The number of aromatic amines is 1. The summed E-state index contributed by atoms with van der Waals surface area (Å²) in [4.78, 5) is 36.9. The smallest absolute Gasteiger partial charge is 0.303 e. The third-order valence-electron chi connectivity index (χ3n) is 3.32. The zero-order chi connectivity index (χ0) is 16.7. The fourth-order valence-corrected chi connectivity index (χ4v) is 2.14. The highest BCUT2D eigenvalue weighted by Gasteiger charge is 2.10. The second-order valence-corrected chi connectivity index (χ2v) is 5.15. The maximum atomic E-state index is 12.0. The first-order chi connectivity index (χ1) is 11.1. The van der Waals surface area contributed by atoms with Crippen LogP contribution in [0, 0.1) is 0 Å². The molecule has 0 atom stereocenters. The molecule has 0 aliphatic heterocycles. The highest BCUT2D eigenvalue weighted by molar-refractivity contribution is 5.99. The van der Waals surface area contributed by atoms with Crippen LogP contribution in [0.25, 0.3) is 10.9 Å². The summed E-state index contributed by atoms with van der Waals surface area (Å²) >= 11 is 0. The van der Waals surface area contributed by atoms with Crippen molar-refractivity contribution in [2.24, 2.45) is 0 Å². The number of aliphatic carboxylic acids is 1. The van der Waals surface area contributed by atoms with Gasteiger partial charge >= 0.3 is 5.97 Å². The average molecular weight is 317 g/mol. The second-order valence-electron chi connectivity index (χ2n) is 5.15. The molecule has 2 amide bonds. The van der Waals surface area contributed by atoms with Crippen molar-refractivity contribution >= 4 is 28.7 Å². The molecule has 0 aliphatic rings. The van der Waals surface area contributed by atoms with Gasteiger partial charge in [-0.2, -0.15) is 0 Å². The number of unbranched alkanes of at least 4 members (excludes halogenated alkanes) is 1. The molecule has 122 valence electrons. The van der Waals surface area contributed by atoms with Crippen LogP contribution in [0.3, 0.4) is 0 Å². The Labute approximate surface area is 133 Å². The third kappa shape index (κ3) is 5.14. The first-order valence-corrected chi connectivity index (χ1v) is 7.40. The minimum atomic E-state index is -0.845. The lowest BCUT2D eigenvalue weighted by atomic mass is 10.2. The Hall–Kier alpha value is -2.83. The van der Waals surface area contributed by atoms with Gasteiger partial charge in [0.25, 0.3) is 5.91 Å². The number of hydrogen-bond acceptors (Lipinski definition) is 3. The Bertz CT molecular complexity index is 675. The zero-order valence-corrected chi connectivity index (χ0v) is 12.6. The van der Waals surface area contributed by atoms with Crippen molar-refractivity contribution in [3.63, 3.8) is 0 Å². The molecule has 0 radical (unpaired) electrons. The molecule has 0 saturated carbocycles. The predicted octanol–water partition coefficient (Wildman–Crippen LogP) is 1.27. The Balaban J connectivity index is 1.71. The Morgan fingerprint density at radius 3 is 2.61 bits per heavy atom. The number of benzene rings is 1. The van der Waals surface area contributed by atoms with Crippen LogP contribution in [-0.4, -0.2) is 41.0 Å². The average Bonchev–Trinajstić information content (AvgIpc) is 2.96. The van der Waals surface area contributed by atoms with E-state index in [-0.39, 0.29) is 24.8 Å². The van der Waals surface area contributed by atoms with E-state index in [1.807, 2.05) is 24.3 Å². The summed E-state index contributed by atoms with van der Waals surface area (Å²) in [5, 5.41) is 14.6. The van der Waals surface area contributed by atoms with Crippen molar-refractivity contribution in [2.45, 2.75) is 19.3 Å². The first-order valence-electron chi connectivity index (χ1n) is 7.40. The van der Waals surface area contributed by atoms with Crippen LogP contribution in [0.4, 0.5) is 0 Å². The van der Waals surface area contributed by atoms with Gasteiger partial charge in [-0.1, -0.05) is 18.2 Å². The zero-order valence-electron chi connectivity index (χ0n) is 12.6. The number of H-pyrrole nitrogens is 1. The van der Waals surface area contributed by atoms with Crippen molar-refractivity contribution in [1.29, 1.82) is 0 Å². The minimum Gasteiger partial charge on any atom is -0.481 e. The minimum absolute atomic E-state index is 0.0903. The number of hydrogen-bond donors (Lipinski definition) is 4. The number of rotatable bonds is 8. The topological polar surface area (TPSA) is 111 Å². The molecule has 2 rings (SSSR count). The molecular formula is C16H19N3O4. The summed E-state index contributed by atoms with van der Waals surface area (Å²) in [6.45, 7) is 0.279. The van der Waals surface area contributed by atoms with Crippen molar-refractivity contribution in [3.8, 4) is 0 Å². The van der Waals surface area contributed by atoms with Gasteiger partial charge in [0.2, 0.25) is 5.91 Å². The standard InChI is InChI=1S/C16H19N3O4/c20-14(17-8-4-3-7-15(21)22)10-18-16(23)13-9-11-5-1-2-6-12(11)19-13/h1-2,5-6,9,19H,3-4,7-8,10H2,(H,17,20)(H,18,23)(H,21,22). The van der Waals surface area contributed by atoms with Gasteiger partial charge in [-0.15, -0.1) is 0 Å². The molecule has 0 fully saturated rings. The molecule has 0 spiro atoms. The van der Waals surface area contributed by atoms with Crippen LogP contribution in [-0.2, 0) is 9.59 Å². The van der Waals surface area contributed by atoms with E-state index < -0.39 is 5.97 Å². The molecule has 23 heavy (non-hydrogen) atoms. The number of carbonyl (C=O) groups excluding carboxylic acids is 2. The summed E-state index contributed by atoms with van der Waals surface area (Å²) in [6.07, 6.45) is 1.19. The van der Waals surface area contributed by atoms with E-state index in [2.05, 4.69) is 15.6 Å². The van der Waals surface area contributed by atoms with Gasteiger partial charge in [0.15, 0.2) is 0 Å². The Kier molecular flexibility index (Phi) is 5.74. The van der Waals surface area contributed by atoms with Crippen LogP contribution >= 0.6 is 0 Å². The normalized spacial score (nSPS) is 10.4. The van der Waals surface area contributed by atoms with E-state index in [4.69, 9.17) is 5.11 Å². The van der Waals surface area contributed by atoms with Gasteiger partial charge in [-0.05, 0) is 25.0 Å². The van der Waals surface area contributed by atoms with Crippen molar-refractivity contribution < 1.29 is 19.5 Å². The fraction of sp³-hybridized carbons (Fsp3) is 0.312. The number of fused-ring (bicyclic) bond motifs is 1. The number of carbonyl (C=O) groups is 3. The van der Waals surface area contributed by atoms with Crippen LogP contribution in [0.15, 0.2) is 30.3 Å². The quantitative estimate of drug-likeness (QED) is 0.549. The van der Waals surface area contributed by atoms with E-state index in [1.165, 1.54) is 0 Å². The van der Waals surface area contributed by atoms with Crippen molar-refractivity contribution in [3.05, 3.63) is 36.0 Å². The molecule has 1 aromatic heterocycles. The maximum Gasteiger partial charge on any atom is 0.303 e. The Morgan fingerprint density at radius 2 is 1.87 bits per heavy atom. The van der Waals surface area contributed by atoms with Crippen LogP contribution in [0.5, 0.6) is 0 Å². The number of aromatic nitrogens is 1. The summed E-state index contributed by atoms with van der Waals surface area (Å²) in [6, 6.07) is 9.25. The number of para-hydroxylation sites is 1. The SMILES string of the molecule is O=C(O)CCCCNC(=O)CNC(=O)c1cc2ccccc2[nH]1. The molecule has 7 nitrogen and oxygen atoms in total. The number of carboxylic acid groups (broad SMARTS) is 1. The van der Waals surface area contributed by atoms with Crippen LogP contribution < -0.4 is 10.6 Å². The molecule has 2 aromatic rings. The third-order valence-corrected chi connectivity index (χ3v) is 3.32. The maximum absolute atomic E-state index is 12.0. The molecule has 0 saturated heterocycles. The summed E-state index contributed by atoms with van der Waals surface area (Å²) < 4.78 is 0. The van der Waals surface area contributed by atoms with Crippen LogP contribution in [0.1, 0.15) is 29.8 Å². The van der Waals surface area contributed by atoms with Crippen molar-refractivity contribution in [2.75, 3.05) is 13.1 Å². The molecule has 4 N–H and O–H groups in total. The fourth-order valence-electron chi connectivity index (χ4n) is 2.14. The first kappa shape index (κ1) is 16.5. The van der Waals surface area contributed by atoms with E-state index >= 15 is 0 Å². The monoisotopic (exact) mass is 317 g/mol. The molecule has 1 heterocycles. The van der Waals surface area contributed by atoms with Gasteiger partial charge in [0.1, 0.15) is 5.69 Å². The van der Waals surface area contributed by atoms with E-state index in [1.54, 1.807) is 6.07 Å². The van der Waals surface area contributed by atoms with Gasteiger partial charge in [0.05, 0.1) is 6.54 Å². The second kappa shape index (κ2) is 7.98. The lowest BCUT2D eigenvalue weighted by molar-refractivity contribution is -0.137. The predicted molar refractivity (Wildman–Crippen MR) is 85.1 cm³/mol. The largest absolute Gasteiger partial charge is 0.481 e. The van der Waals surface area contributed by atoms with Crippen molar-refractivity contribution in [1.82, 2.24) is 15.6 Å². The van der Waals surface area contributed by atoms with E-state index in [9.17, 15) is 14.4 Å². The highest BCUT2D eigenvalue weighted by atomic mass is 16.4. The van der Waals surface area contributed by atoms with E-state index in [0.29, 0.717) is 25.1 Å². The molecular weight excluding hydrogens is 298 g/mol. The molecule has 0 unspecified atom stereocenters.